The summed E-state index contributed by atoms with van der Waals surface area (Å²) in [4.78, 5) is 9.28. The van der Waals surface area contributed by atoms with Crippen LogP contribution in [0.25, 0.3) is 11.4 Å². The number of hydrogen-bond acceptors (Lipinski definition) is 6. The molecule has 0 saturated carbocycles. The number of anilines is 1. The minimum atomic E-state index is 0.653. The molecule has 0 aliphatic carbocycles. The molecule has 140 valence electrons. The minimum Gasteiger partial charge on any atom is -0.497 e. The van der Waals surface area contributed by atoms with Gasteiger partial charge in [-0.2, -0.15) is 4.98 Å². The van der Waals surface area contributed by atoms with Crippen molar-refractivity contribution in [3.63, 3.8) is 0 Å². The molecular formula is C21H24N4O2. The zero-order chi connectivity index (χ0) is 18.6. The van der Waals surface area contributed by atoms with Crippen LogP contribution >= 0.6 is 0 Å². The summed E-state index contributed by atoms with van der Waals surface area (Å²) in [5.41, 5.74) is 3.41. The fourth-order valence-corrected chi connectivity index (χ4v) is 3.30. The fourth-order valence-electron chi connectivity index (χ4n) is 3.30. The lowest BCUT2D eigenvalue weighted by molar-refractivity contribution is 0.215. The molecule has 1 aromatic heterocycles. The van der Waals surface area contributed by atoms with Crippen LogP contribution in [0.4, 0.5) is 5.69 Å². The smallest absolute Gasteiger partial charge is 0.241 e. The Balaban J connectivity index is 1.35. The van der Waals surface area contributed by atoms with Gasteiger partial charge >= 0.3 is 0 Å². The molecule has 0 radical (unpaired) electrons. The van der Waals surface area contributed by atoms with Crippen LogP contribution < -0.4 is 9.64 Å². The number of ether oxygens (including phenoxy) is 1. The van der Waals surface area contributed by atoms with E-state index in [1.54, 1.807) is 7.11 Å². The Bertz CT molecular complexity index is 883. The average Bonchev–Trinajstić information content (AvgIpc) is 3.17. The van der Waals surface area contributed by atoms with Crippen molar-refractivity contribution >= 4 is 5.69 Å². The normalized spacial score (nSPS) is 15.1. The summed E-state index contributed by atoms with van der Waals surface area (Å²) >= 11 is 0. The maximum atomic E-state index is 5.46. The third-order valence-corrected chi connectivity index (χ3v) is 4.93. The van der Waals surface area contributed by atoms with Crippen LogP contribution in [-0.4, -0.2) is 48.3 Å². The van der Waals surface area contributed by atoms with E-state index < -0.39 is 0 Å². The highest BCUT2D eigenvalue weighted by atomic mass is 16.5. The molecule has 0 unspecified atom stereocenters. The van der Waals surface area contributed by atoms with Gasteiger partial charge in [-0.3, -0.25) is 4.90 Å². The molecule has 1 aliphatic heterocycles. The monoisotopic (exact) mass is 364 g/mol. The maximum absolute atomic E-state index is 5.46. The van der Waals surface area contributed by atoms with E-state index in [2.05, 4.69) is 51.1 Å². The first-order valence-corrected chi connectivity index (χ1v) is 9.22. The second-order valence-corrected chi connectivity index (χ2v) is 6.84. The molecule has 6 heteroatoms. The number of aryl methyl sites for hydroxylation is 1. The first kappa shape index (κ1) is 17.5. The molecule has 4 rings (SSSR count). The molecular weight excluding hydrogens is 340 g/mol. The van der Waals surface area contributed by atoms with Gasteiger partial charge in [0.15, 0.2) is 0 Å². The van der Waals surface area contributed by atoms with E-state index in [1.807, 2.05) is 24.3 Å². The molecule has 0 N–H and O–H groups in total. The number of rotatable bonds is 5. The zero-order valence-corrected chi connectivity index (χ0v) is 15.8. The number of benzene rings is 2. The molecule has 2 aromatic carbocycles. The summed E-state index contributed by atoms with van der Waals surface area (Å²) in [5, 5.41) is 4.13. The molecule has 0 atom stereocenters. The lowest BCUT2D eigenvalue weighted by Crippen LogP contribution is -2.46. The zero-order valence-electron chi connectivity index (χ0n) is 15.8. The highest BCUT2D eigenvalue weighted by molar-refractivity contribution is 5.54. The van der Waals surface area contributed by atoms with Gasteiger partial charge in [0, 0.05) is 43.5 Å². The Morgan fingerprint density at radius 3 is 2.56 bits per heavy atom. The Morgan fingerprint density at radius 2 is 1.81 bits per heavy atom. The van der Waals surface area contributed by atoms with Crippen LogP contribution in [0, 0.1) is 6.92 Å². The largest absolute Gasteiger partial charge is 0.497 e. The van der Waals surface area contributed by atoms with Crippen molar-refractivity contribution in [2.24, 2.45) is 0 Å². The Hall–Kier alpha value is -2.86. The van der Waals surface area contributed by atoms with E-state index in [-0.39, 0.29) is 0 Å². The van der Waals surface area contributed by atoms with Crippen molar-refractivity contribution in [2.75, 3.05) is 38.2 Å². The van der Waals surface area contributed by atoms with Crippen LogP contribution in [0.5, 0.6) is 5.75 Å². The van der Waals surface area contributed by atoms with Crippen molar-refractivity contribution < 1.29 is 9.26 Å². The van der Waals surface area contributed by atoms with Gasteiger partial charge in [-0.1, -0.05) is 41.1 Å². The molecule has 1 aliphatic rings. The minimum absolute atomic E-state index is 0.653. The average molecular weight is 364 g/mol. The molecule has 2 heterocycles. The number of nitrogens with zero attached hydrogens (tertiary/aromatic N) is 4. The van der Waals surface area contributed by atoms with Crippen molar-refractivity contribution in [3.8, 4) is 17.1 Å². The molecule has 0 spiro atoms. The predicted octanol–water partition coefficient (Wildman–Crippen LogP) is 3.38. The standard InChI is InChI=1S/C21H24N4O2/c1-16-6-8-17(9-7-16)21-22-20(27-23-21)15-24-10-12-25(13-11-24)18-4-3-5-19(14-18)26-2/h3-9,14H,10-13,15H2,1-2H3. The fraction of sp³-hybridized carbons (Fsp3) is 0.333. The number of aromatic nitrogens is 2. The molecule has 3 aromatic rings. The molecule has 0 amide bonds. The summed E-state index contributed by atoms with van der Waals surface area (Å²) in [7, 11) is 1.70. The summed E-state index contributed by atoms with van der Waals surface area (Å²) < 4.78 is 10.8. The number of hydrogen-bond donors (Lipinski definition) is 0. The van der Waals surface area contributed by atoms with Gasteiger partial charge in [-0.25, -0.2) is 0 Å². The van der Waals surface area contributed by atoms with E-state index in [1.165, 1.54) is 11.3 Å². The van der Waals surface area contributed by atoms with E-state index in [4.69, 9.17) is 9.26 Å². The predicted molar refractivity (Wildman–Crippen MR) is 105 cm³/mol. The van der Waals surface area contributed by atoms with Crippen LogP contribution in [0.2, 0.25) is 0 Å². The van der Waals surface area contributed by atoms with Crippen molar-refractivity contribution in [3.05, 3.63) is 60.0 Å². The highest BCUT2D eigenvalue weighted by Crippen LogP contribution is 2.23. The van der Waals surface area contributed by atoms with Gasteiger partial charge in [0.25, 0.3) is 0 Å². The topological polar surface area (TPSA) is 54.6 Å². The summed E-state index contributed by atoms with van der Waals surface area (Å²) in [6.45, 7) is 6.60. The van der Waals surface area contributed by atoms with E-state index in [9.17, 15) is 0 Å². The van der Waals surface area contributed by atoms with Crippen molar-refractivity contribution in [1.82, 2.24) is 15.0 Å². The van der Waals surface area contributed by atoms with E-state index >= 15 is 0 Å². The second-order valence-electron chi connectivity index (χ2n) is 6.84. The third kappa shape index (κ3) is 4.11. The lowest BCUT2D eigenvalue weighted by Gasteiger charge is -2.35. The van der Waals surface area contributed by atoms with Crippen LogP contribution in [0.3, 0.4) is 0 Å². The molecule has 6 nitrogen and oxygen atoms in total. The first-order valence-electron chi connectivity index (χ1n) is 9.22. The van der Waals surface area contributed by atoms with E-state index in [0.717, 1.165) is 37.5 Å². The Morgan fingerprint density at radius 1 is 1.04 bits per heavy atom. The van der Waals surface area contributed by atoms with E-state index in [0.29, 0.717) is 18.3 Å². The highest BCUT2D eigenvalue weighted by Gasteiger charge is 2.20. The quantitative estimate of drug-likeness (QED) is 0.692. The van der Waals surface area contributed by atoms with Gasteiger partial charge in [0.1, 0.15) is 5.75 Å². The maximum Gasteiger partial charge on any atom is 0.241 e. The van der Waals surface area contributed by atoms with Gasteiger partial charge in [0.2, 0.25) is 11.7 Å². The Kier molecular flexibility index (Phi) is 5.07. The summed E-state index contributed by atoms with van der Waals surface area (Å²) in [5.74, 6) is 2.21. The van der Waals surface area contributed by atoms with Crippen molar-refractivity contribution in [2.45, 2.75) is 13.5 Å². The molecule has 27 heavy (non-hydrogen) atoms. The lowest BCUT2D eigenvalue weighted by atomic mass is 10.1. The summed E-state index contributed by atoms with van der Waals surface area (Å²) in [6.07, 6.45) is 0. The molecule has 1 saturated heterocycles. The second kappa shape index (κ2) is 7.80. The first-order chi connectivity index (χ1) is 13.2. The summed E-state index contributed by atoms with van der Waals surface area (Å²) in [6, 6.07) is 16.4. The van der Waals surface area contributed by atoms with Gasteiger partial charge in [0.05, 0.1) is 13.7 Å². The third-order valence-electron chi connectivity index (χ3n) is 4.93. The molecule has 1 fully saturated rings. The molecule has 0 bridgehead atoms. The number of methoxy groups -OCH3 is 1. The van der Waals surface area contributed by atoms with Crippen molar-refractivity contribution in [1.29, 1.82) is 0 Å². The van der Waals surface area contributed by atoms with Gasteiger partial charge < -0.3 is 14.2 Å². The van der Waals surface area contributed by atoms with Gasteiger partial charge in [-0.15, -0.1) is 0 Å². The van der Waals surface area contributed by atoms with Crippen LogP contribution in [0.1, 0.15) is 11.5 Å². The Labute approximate surface area is 159 Å². The number of piperazine rings is 1. The van der Waals surface area contributed by atoms with Gasteiger partial charge in [-0.05, 0) is 19.1 Å². The van der Waals surface area contributed by atoms with Crippen LogP contribution in [-0.2, 0) is 6.54 Å². The van der Waals surface area contributed by atoms with Crippen LogP contribution in [0.15, 0.2) is 53.1 Å². The SMILES string of the molecule is COc1cccc(N2CCN(Cc3nc(-c4ccc(C)cc4)no3)CC2)c1.